The van der Waals surface area contributed by atoms with E-state index in [1.54, 1.807) is 0 Å². The Bertz CT molecular complexity index is 526. The van der Waals surface area contributed by atoms with Gasteiger partial charge in [-0.25, -0.2) is 0 Å². The third-order valence-corrected chi connectivity index (χ3v) is 2.88. The lowest BCUT2D eigenvalue weighted by Gasteiger charge is -2.11. The van der Waals surface area contributed by atoms with Gasteiger partial charge in [0.15, 0.2) is 0 Å². The van der Waals surface area contributed by atoms with E-state index >= 15 is 0 Å². The second kappa shape index (κ2) is 3.86. The summed E-state index contributed by atoms with van der Waals surface area (Å²) in [6.45, 7) is 0. The number of anilines is 2. The maximum Gasteiger partial charge on any atom is 0.0425 e. The molecule has 0 fully saturated rings. The summed E-state index contributed by atoms with van der Waals surface area (Å²) >= 11 is 0. The molecule has 78 valence electrons. The van der Waals surface area contributed by atoms with Crippen molar-refractivity contribution in [3.8, 4) is 0 Å². The van der Waals surface area contributed by atoms with Crippen molar-refractivity contribution in [2.75, 3.05) is 5.32 Å². The van der Waals surface area contributed by atoms with E-state index in [0.29, 0.717) is 0 Å². The van der Waals surface area contributed by atoms with Gasteiger partial charge in [-0.1, -0.05) is 42.5 Å². The Morgan fingerprint density at radius 3 is 2.62 bits per heavy atom. The molecule has 0 spiro atoms. The van der Waals surface area contributed by atoms with Gasteiger partial charge in [-0.15, -0.1) is 0 Å². The molecule has 16 heavy (non-hydrogen) atoms. The number of allylic oxidation sites excluding steroid dienone is 1. The molecule has 0 unspecified atom stereocenters. The van der Waals surface area contributed by atoms with Gasteiger partial charge in [0.05, 0.1) is 0 Å². The standard InChI is InChI=1S/C15H13N/c1-2-8-13(9-3-1)16-15-11-5-7-12-6-4-10-14(12)15/h1-9,11,16H,10H2. The second-order valence-electron chi connectivity index (χ2n) is 3.97. The van der Waals surface area contributed by atoms with Crippen molar-refractivity contribution in [1.82, 2.24) is 0 Å². The normalized spacial score (nSPS) is 12.5. The quantitative estimate of drug-likeness (QED) is 0.784. The molecule has 2 aromatic carbocycles. The molecular weight excluding hydrogens is 194 g/mol. The molecule has 0 aromatic heterocycles. The van der Waals surface area contributed by atoms with E-state index in [1.165, 1.54) is 16.8 Å². The zero-order chi connectivity index (χ0) is 10.8. The highest BCUT2D eigenvalue weighted by atomic mass is 14.9. The molecule has 0 radical (unpaired) electrons. The van der Waals surface area contributed by atoms with Gasteiger partial charge in [0.1, 0.15) is 0 Å². The van der Waals surface area contributed by atoms with Gasteiger partial charge in [0.25, 0.3) is 0 Å². The topological polar surface area (TPSA) is 12.0 Å². The predicted molar refractivity (Wildman–Crippen MR) is 68.9 cm³/mol. The van der Waals surface area contributed by atoms with Crippen LogP contribution in [0.3, 0.4) is 0 Å². The van der Waals surface area contributed by atoms with Crippen LogP contribution in [0.5, 0.6) is 0 Å². The first-order chi connectivity index (χ1) is 7.93. The van der Waals surface area contributed by atoms with Crippen LogP contribution in [0.25, 0.3) is 6.08 Å². The van der Waals surface area contributed by atoms with Gasteiger partial charge in [-0.3, -0.25) is 0 Å². The summed E-state index contributed by atoms with van der Waals surface area (Å²) < 4.78 is 0. The average Bonchev–Trinajstić information content (AvgIpc) is 2.80. The first-order valence-corrected chi connectivity index (χ1v) is 5.54. The zero-order valence-corrected chi connectivity index (χ0v) is 8.98. The van der Waals surface area contributed by atoms with E-state index in [9.17, 15) is 0 Å². The minimum absolute atomic E-state index is 1.03. The highest BCUT2D eigenvalue weighted by molar-refractivity contribution is 5.72. The van der Waals surface area contributed by atoms with Crippen molar-refractivity contribution in [2.45, 2.75) is 6.42 Å². The van der Waals surface area contributed by atoms with Crippen LogP contribution in [0.1, 0.15) is 11.1 Å². The summed E-state index contributed by atoms with van der Waals surface area (Å²) in [5.41, 5.74) is 5.09. The van der Waals surface area contributed by atoms with Gasteiger partial charge in [-0.05, 0) is 35.7 Å². The van der Waals surface area contributed by atoms with Crippen molar-refractivity contribution in [3.63, 3.8) is 0 Å². The van der Waals surface area contributed by atoms with Crippen LogP contribution in [0, 0.1) is 0 Å². The second-order valence-corrected chi connectivity index (χ2v) is 3.97. The number of hydrogen-bond donors (Lipinski definition) is 1. The highest BCUT2D eigenvalue weighted by Gasteiger charge is 2.09. The summed E-state index contributed by atoms with van der Waals surface area (Å²) in [6.07, 6.45) is 5.43. The Balaban J connectivity index is 1.95. The molecule has 0 bridgehead atoms. The van der Waals surface area contributed by atoms with Gasteiger partial charge in [0, 0.05) is 11.4 Å². The van der Waals surface area contributed by atoms with Crippen LogP contribution in [-0.4, -0.2) is 0 Å². The Kier molecular flexibility index (Phi) is 2.22. The fourth-order valence-electron chi connectivity index (χ4n) is 2.09. The Labute approximate surface area is 95.4 Å². The van der Waals surface area contributed by atoms with Crippen LogP contribution in [0.15, 0.2) is 54.6 Å². The Hall–Kier alpha value is -2.02. The molecule has 0 saturated heterocycles. The van der Waals surface area contributed by atoms with E-state index < -0.39 is 0 Å². The number of para-hydroxylation sites is 1. The number of fused-ring (bicyclic) bond motifs is 1. The molecule has 1 nitrogen and oxygen atoms in total. The molecule has 0 atom stereocenters. The minimum atomic E-state index is 1.03. The van der Waals surface area contributed by atoms with Crippen molar-refractivity contribution >= 4 is 17.5 Å². The summed E-state index contributed by atoms with van der Waals surface area (Å²) in [7, 11) is 0. The molecule has 0 saturated carbocycles. The zero-order valence-electron chi connectivity index (χ0n) is 8.98. The number of benzene rings is 2. The Morgan fingerprint density at radius 2 is 1.75 bits per heavy atom. The van der Waals surface area contributed by atoms with Crippen LogP contribution in [0.4, 0.5) is 11.4 Å². The van der Waals surface area contributed by atoms with E-state index in [0.717, 1.165) is 12.1 Å². The molecule has 2 aromatic rings. The highest BCUT2D eigenvalue weighted by Crippen LogP contribution is 2.29. The van der Waals surface area contributed by atoms with E-state index in [2.05, 4.69) is 47.8 Å². The fourth-order valence-corrected chi connectivity index (χ4v) is 2.09. The maximum atomic E-state index is 3.46. The average molecular weight is 207 g/mol. The van der Waals surface area contributed by atoms with E-state index in [4.69, 9.17) is 0 Å². The van der Waals surface area contributed by atoms with Crippen molar-refractivity contribution < 1.29 is 0 Å². The van der Waals surface area contributed by atoms with Crippen molar-refractivity contribution in [2.24, 2.45) is 0 Å². The van der Waals surface area contributed by atoms with Crippen molar-refractivity contribution in [3.05, 3.63) is 65.7 Å². The summed E-state index contributed by atoms with van der Waals surface area (Å²) in [4.78, 5) is 0. The van der Waals surface area contributed by atoms with Crippen LogP contribution in [0.2, 0.25) is 0 Å². The minimum Gasteiger partial charge on any atom is -0.355 e. The number of rotatable bonds is 2. The summed E-state index contributed by atoms with van der Waals surface area (Å²) in [6, 6.07) is 16.7. The molecular formula is C15H13N. The molecule has 3 rings (SSSR count). The lowest BCUT2D eigenvalue weighted by molar-refractivity contribution is 1.30. The molecule has 1 aliphatic rings. The molecule has 0 amide bonds. The summed E-state index contributed by atoms with van der Waals surface area (Å²) in [5, 5.41) is 3.46. The van der Waals surface area contributed by atoms with Crippen molar-refractivity contribution in [1.29, 1.82) is 0 Å². The first kappa shape index (κ1) is 9.22. The molecule has 1 heteroatoms. The molecule has 0 heterocycles. The third kappa shape index (κ3) is 1.61. The van der Waals surface area contributed by atoms with Gasteiger partial charge >= 0.3 is 0 Å². The smallest absolute Gasteiger partial charge is 0.0425 e. The van der Waals surface area contributed by atoms with Gasteiger partial charge < -0.3 is 5.32 Å². The number of nitrogens with one attached hydrogen (secondary N) is 1. The van der Waals surface area contributed by atoms with Crippen LogP contribution >= 0.6 is 0 Å². The van der Waals surface area contributed by atoms with Gasteiger partial charge in [0.2, 0.25) is 0 Å². The summed E-state index contributed by atoms with van der Waals surface area (Å²) in [5.74, 6) is 0. The maximum absolute atomic E-state index is 3.46. The van der Waals surface area contributed by atoms with Crippen LogP contribution < -0.4 is 5.32 Å². The lowest BCUT2D eigenvalue weighted by Crippen LogP contribution is -1.95. The molecule has 1 N–H and O–H groups in total. The van der Waals surface area contributed by atoms with E-state index in [1.807, 2.05) is 18.2 Å². The predicted octanol–water partition coefficient (Wildman–Crippen LogP) is 4.00. The number of hydrogen-bond acceptors (Lipinski definition) is 1. The monoisotopic (exact) mass is 207 g/mol. The molecule has 0 aliphatic heterocycles. The lowest BCUT2D eigenvalue weighted by atomic mass is 10.1. The largest absolute Gasteiger partial charge is 0.355 e. The SMILES string of the molecule is C1=Cc2cccc(Nc3ccccc3)c2C1. The first-order valence-electron chi connectivity index (χ1n) is 5.54. The molecule has 1 aliphatic carbocycles. The Morgan fingerprint density at radius 1 is 0.875 bits per heavy atom. The van der Waals surface area contributed by atoms with E-state index in [-0.39, 0.29) is 0 Å². The third-order valence-electron chi connectivity index (χ3n) is 2.88. The van der Waals surface area contributed by atoms with Gasteiger partial charge in [-0.2, -0.15) is 0 Å². The fraction of sp³-hybridized carbons (Fsp3) is 0.0667. The van der Waals surface area contributed by atoms with Crippen LogP contribution in [-0.2, 0) is 6.42 Å².